The molecule has 0 aliphatic carbocycles. The zero-order chi connectivity index (χ0) is 10.9. The van der Waals surface area contributed by atoms with E-state index in [1.54, 1.807) is 0 Å². The van der Waals surface area contributed by atoms with Gasteiger partial charge in [0.25, 0.3) is 0 Å². The average molecular weight is 383 g/mol. The maximum absolute atomic E-state index is 10.1. The monoisotopic (exact) mass is 382 g/mol. The van der Waals surface area contributed by atoms with Crippen molar-refractivity contribution in [3.8, 4) is 0 Å². The van der Waals surface area contributed by atoms with Crippen LogP contribution in [0.2, 0.25) is 0 Å². The van der Waals surface area contributed by atoms with Gasteiger partial charge in [-0.25, -0.2) is 16.8 Å². The van der Waals surface area contributed by atoms with Crippen LogP contribution >= 0.6 is 0 Å². The van der Waals surface area contributed by atoms with Crippen LogP contribution in [0.4, 0.5) is 0 Å². The van der Waals surface area contributed by atoms with Crippen molar-refractivity contribution in [3.63, 3.8) is 0 Å². The first-order valence-electron chi connectivity index (χ1n) is 2.00. The fourth-order valence-corrected chi connectivity index (χ4v) is 2.14. The van der Waals surface area contributed by atoms with Crippen LogP contribution in [-0.2, 0) is 72.6 Å². The third-order valence-corrected chi connectivity index (χ3v) is 3.00. The van der Waals surface area contributed by atoms with Gasteiger partial charge in [0.15, 0.2) is 0 Å². The van der Waals surface area contributed by atoms with E-state index in [-0.39, 0.29) is 34.1 Å². The molecule has 0 aliphatic heterocycles. The zero-order valence-corrected chi connectivity index (χ0v) is 10.2. The van der Waals surface area contributed by atoms with Crippen LogP contribution < -0.4 is 0 Å². The van der Waals surface area contributed by atoms with Crippen molar-refractivity contribution in [2.24, 2.45) is 0 Å². The molecule has 0 saturated heterocycles. The van der Waals surface area contributed by atoms with Crippen LogP contribution in [0.15, 0.2) is 0 Å². The van der Waals surface area contributed by atoms with Crippen molar-refractivity contribution in [1.82, 2.24) is 0 Å². The summed E-state index contributed by atoms with van der Waals surface area (Å²) in [5.74, 6) is 0. The second-order valence-electron chi connectivity index (χ2n) is 1.36. The van der Waals surface area contributed by atoms with Gasteiger partial charge < -0.3 is 9.11 Å². The van der Waals surface area contributed by atoms with Gasteiger partial charge in [-0.2, -0.15) is 8.42 Å². The molecule has 0 unspecified atom stereocenters. The molecule has 0 aromatic rings. The first kappa shape index (κ1) is 21.1. The SMILES string of the molecule is O=S(=O)([O-])OS(=O)(=O)OS(=O)(=O)[O-].[Cu+].[Cu+]. The van der Waals surface area contributed by atoms with Crippen LogP contribution in [0.1, 0.15) is 0 Å². The average Bonchev–Trinajstić information content (AvgIpc) is 1.43. The number of rotatable bonds is 4. The fraction of sp³-hybridized carbons (Fsp3) is 0. The maximum Gasteiger partial charge on any atom is 1.00 e. The van der Waals surface area contributed by atoms with Crippen LogP contribution in [0.3, 0.4) is 0 Å². The Hall–Kier alpha value is 0.729. The molecule has 10 nitrogen and oxygen atoms in total. The Morgan fingerprint density at radius 3 is 1.00 bits per heavy atom. The van der Waals surface area contributed by atoms with Crippen LogP contribution in [0.25, 0.3) is 0 Å². The second kappa shape index (κ2) is 6.46. The largest absolute Gasteiger partial charge is 1.00 e. The van der Waals surface area contributed by atoms with Crippen LogP contribution in [0.5, 0.6) is 0 Å². The maximum atomic E-state index is 10.1. The summed E-state index contributed by atoms with van der Waals surface area (Å²) in [6.45, 7) is 0. The van der Waals surface area contributed by atoms with Gasteiger partial charge in [0.1, 0.15) is 0 Å². The minimum atomic E-state index is -5.72. The van der Waals surface area contributed by atoms with Gasteiger partial charge in [-0.05, 0) is 0 Å². The van der Waals surface area contributed by atoms with Gasteiger partial charge in [-0.1, -0.05) is 0 Å². The summed E-state index contributed by atoms with van der Waals surface area (Å²) in [6, 6.07) is 0. The number of hydrogen-bond donors (Lipinski definition) is 0. The van der Waals surface area contributed by atoms with E-state index in [1.165, 1.54) is 0 Å². The Bertz CT molecular complexity index is 423. The van der Waals surface area contributed by atoms with Crippen molar-refractivity contribution in [3.05, 3.63) is 0 Å². The van der Waals surface area contributed by atoms with Gasteiger partial charge in [-0.15, -0.1) is 7.26 Å². The molecule has 0 fully saturated rings. The van der Waals surface area contributed by atoms with E-state index >= 15 is 0 Å². The van der Waals surface area contributed by atoms with Gasteiger partial charge in [-0.3, -0.25) is 0 Å². The van der Waals surface area contributed by atoms with Crippen molar-refractivity contribution >= 4 is 31.2 Å². The quantitative estimate of drug-likeness (QED) is 0.280. The molecular weight excluding hydrogens is 383 g/mol. The summed E-state index contributed by atoms with van der Waals surface area (Å²) in [7, 11) is -17.1. The molecule has 0 aromatic heterocycles. The van der Waals surface area contributed by atoms with E-state index in [9.17, 15) is 34.4 Å². The molecule has 0 bridgehead atoms. The first-order chi connectivity index (χ1) is 5.41. The van der Waals surface area contributed by atoms with E-state index in [2.05, 4.69) is 7.26 Å². The summed E-state index contributed by atoms with van der Waals surface area (Å²) in [6.07, 6.45) is 0. The molecule has 100 valence electrons. The third-order valence-electron chi connectivity index (χ3n) is 0.333. The summed E-state index contributed by atoms with van der Waals surface area (Å²) in [4.78, 5) is 0. The van der Waals surface area contributed by atoms with Crippen molar-refractivity contribution in [2.45, 2.75) is 0 Å². The summed E-state index contributed by atoms with van der Waals surface area (Å²) in [5.41, 5.74) is 0. The molecule has 0 radical (unpaired) electrons. The normalized spacial score (nSPS) is 12.4. The zero-order valence-electron chi connectivity index (χ0n) is 5.91. The number of hydrogen-bond acceptors (Lipinski definition) is 10. The summed E-state index contributed by atoms with van der Waals surface area (Å²) in [5, 5.41) is 0. The third kappa shape index (κ3) is 14.7. The molecule has 0 heterocycles. The molecule has 0 N–H and O–H groups in total. The van der Waals surface area contributed by atoms with Crippen LogP contribution in [-0.4, -0.2) is 34.4 Å². The van der Waals surface area contributed by atoms with E-state index in [0.717, 1.165) is 0 Å². The second-order valence-corrected chi connectivity index (χ2v) is 4.90. The fourth-order valence-electron chi connectivity index (χ4n) is 0.215. The van der Waals surface area contributed by atoms with Crippen molar-refractivity contribution < 1.29 is 75.8 Å². The predicted molar refractivity (Wildman–Crippen MR) is 30.5 cm³/mol. The Morgan fingerprint density at radius 1 is 0.667 bits per heavy atom. The molecule has 0 rings (SSSR count). The minimum absolute atomic E-state index is 0. The summed E-state index contributed by atoms with van der Waals surface area (Å²) < 4.78 is 82.9. The molecule has 0 atom stereocenters. The summed E-state index contributed by atoms with van der Waals surface area (Å²) >= 11 is 0. The molecule has 15 heavy (non-hydrogen) atoms. The first-order valence-corrected chi connectivity index (χ1v) is 6.00. The van der Waals surface area contributed by atoms with E-state index < -0.39 is 31.2 Å². The van der Waals surface area contributed by atoms with E-state index in [4.69, 9.17) is 0 Å². The molecule has 0 aliphatic rings. The van der Waals surface area contributed by atoms with Gasteiger partial charge in [0.2, 0.25) is 20.8 Å². The predicted octanol–water partition coefficient (Wildman–Crippen LogP) is -2.82. The Morgan fingerprint density at radius 2 is 0.867 bits per heavy atom. The van der Waals surface area contributed by atoms with Crippen molar-refractivity contribution in [2.75, 3.05) is 0 Å². The Labute approximate surface area is 107 Å². The molecule has 0 aromatic carbocycles. The molecule has 0 amide bonds. The van der Waals surface area contributed by atoms with Gasteiger partial charge in [0, 0.05) is 0 Å². The van der Waals surface area contributed by atoms with Gasteiger partial charge in [0.05, 0.1) is 0 Å². The van der Waals surface area contributed by atoms with Crippen LogP contribution in [0, 0.1) is 0 Å². The molecule has 15 heteroatoms. The molecule has 0 saturated carbocycles. The smallest absolute Gasteiger partial charge is 0.725 e. The minimum Gasteiger partial charge on any atom is -0.725 e. The Balaban J connectivity index is -0.000000720. The molecule has 0 spiro atoms. The van der Waals surface area contributed by atoms with Crippen molar-refractivity contribution in [1.29, 1.82) is 0 Å². The van der Waals surface area contributed by atoms with E-state index in [1.807, 2.05) is 0 Å². The Kier molecular flexibility index (Phi) is 9.07. The standard InChI is InChI=1S/2Cu.H2O10S3/c;;1-11(2,3)9-13(7,8)10-12(4,5)6/h;;(H,1,2,3)(H,4,5,6)/q2*+1;/p-2. The topological polar surface area (TPSA) is 167 Å². The van der Waals surface area contributed by atoms with Gasteiger partial charge >= 0.3 is 44.5 Å². The van der Waals surface area contributed by atoms with E-state index in [0.29, 0.717) is 0 Å². The molecular formula is Cu2O10S3.